The zero-order valence-corrected chi connectivity index (χ0v) is 18.8. The summed E-state index contributed by atoms with van der Waals surface area (Å²) in [6, 6.07) is 20.0. The first-order chi connectivity index (χ1) is 14.8. The fourth-order valence-corrected chi connectivity index (χ4v) is 4.62. The third-order valence-electron chi connectivity index (χ3n) is 5.78. The van der Waals surface area contributed by atoms with E-state index in [1.165, 1.54) is 12.1 Å². The van der Waals surface area contributed by atoms with Gasteiger partial charge in [-0.2, -0.15) is 5.10 Å². The SMILES string of the molecule is C[C@@]1(c2ccc([N+](=O)[O-])cc2)Oc2ccc(Cl)cc2[C@H]2CC(c3ccc(Br)cc3)=NN21. The van der Waals surface area contributed by atoms with Gasteiger partial charge in [-0.15, -0.1) is 0 Å². The topological polar surface area (TPSA) is 68.0 Å². The standard InChI is InChI=1S/C23H17BrClN3O3/c1-23(15-4-9-18(10-5-15)28(29)30)27-21(19-12-17(25)8-11-22(19)31-23)13-20(26-27)14-2-6-16(24)7-3-14/h2-12,21H,13H2,1H3/t21-,23+/m1/s1. The van der Waals surface area contributed by atoms with Crippen LogP contribution in [0, 0.1) is 10.1 Å². The number of hydrazone groups is 1. The van der Waals surface area contributed by atoms with Crippen LogP contribution < -0.4 is 4.74 Å². The lowest BCUT2D eigenvalue weighted by molar-refractivity contribution is -0.384. The molecule has 6 nitrogen and oxygen atoms in total. The summed E-state index contributed by atoms with van der Waals surface area (Å²) in [6.07, 6.45) is 0.695. The van der Waals surface area contributed by atoms with E-state index in [0.29, 0.717) is 11.4 Å². The summed E-state index contributed by atoms with van der Waals surface area (Å²) in [4.78, 5) is 10.7. The minimum Gasteiger partial charge on any atom is -0.462 e. The van der Waals surface area contributed by atoms with Crippen LogP contribution in [-0.2, 0) is 5.72 Å². The second-order valence-corrected chi connectivity index (χ2v) is 9.04. The zero-order valence-electron chi connectivity index (χ0n) is 16.5. The van der Waals surface area contributed by atoms with E-state index < -0.39 is 10.6 Å². The number of halogens is 2. The van der Waals surface area contributed by atoms with Crippen LogP contribution >= 0.6 is 27.5 Å². The van der Waals surface area contributed by atoms with Gasteiger partial charge >= 0.3 is 0 Å². The monoisotopic (exact) mass is 497 g/mol. The molecule has 0 aliphatic carbocycles. The van der Waals surface area contributed by atoms with Crippen molar-refractivity contribution in [3.05, 3.63) is 103 Å². The number of nitrogens with zero attached hydrogens (tertiary/aromatic N) is 3. The molecule has 2 aliphatic heterocycles. The van der Waals surface area contributed by atoms with E-state index in [9.17, 15) is 10.1 Å². The van der Waals surface area contributed by atoms with Crippen LogP contribution in [-0.4, -0.2) is 15.6 Å². The van der Waals surface area contributed by atoms with Gasteiger partial charge in [0.05, 0.1) is 16.7 Å². The van der Waals surface area contributed by atoms with Crippen LogP contribution in [0.3, 0.4) is 0 Å². The number of nitro benzene ring substituents is 1. The third-order valence-corrected chi connectivity index (χ3v) is 6.54. The highest BCUT2D eigenvalue weighted by atomic mass is 79.9. The van der Waals surface area contributed by atoms with Crippen LogP contribution in [0.15, 0.2) is 76.3 Å². The molecule has 156 valence electrons. The Hall–Kier alpha value is -2.90. The fourth-order valence-electron chi connectivity index (χ4n) is 4.18. The summed E-state index contributed by atoms with van der Waals surface area (Å²) in [5.74, 6) is 0.735. The van der Waals surface area contributed by atoms with Crippen LogP contribution in [0.5, 0.6) is 5.75 Å². The van der Waals surface area contributed by atoms with Crippen molar-refractivity contribution in [2.75, 3.05) is 0 Å². The maximum Gasteiger partial charge on any atom is 0.269 e. The van der Waals surface area contributed by atoms with E-state index in [-0.39, 0.29) is 11.7 Å². The maximum atomic E-state index is 11.1. The summed E-state index contributed by atoms with van der Waals surface area (Å²) in [7, 11) is 0. The molecule has 0 unspecified atom stereocenters. The minimum atomic E-state index is -0.933. The van der Waals surface area contributed by atoms with Crippen LogP contribution in [0.1, 0.15) is 36.1 Å². The van der Waals surface area contributed by atoms with Crippen LogP contribution in [0.4, 0.5) is 5.69 Å². The van der Waals surface area contributed by atoms with Gasteiger partial charge in [0.2, 0.25) is 5.72 Å². The third kappa shape index (κ3) is 3.38. The van der Waals surface area contributed by atoms with Gasteiger partial charge in [-0.1, -0.05) is 39.7 Å². The molecule has 0 aromatic heterocycles. The number of fused-ring (bicyclic) bond motifs is 3. The van der Waals surface area contributed by atoms with Crippen molar-refractivity contribution in [2.45, 2.75) is 25.1 Å². The Morgan fingerprint density at radius 2 is 1.87 bits per heavy atom. The Morgan fingerprint density at radius 3 is 2.55 bits per heavy atom. The van der Waals surface area contributed by atoms with E-state index >= 15 is 0 Å². The van der Waals surface area contributed by atoms with Gasteiger partial charge in [-0.25, -0.2) is 5.01 Å². The number of hydrogen-bond donors (Lipinski definition) is 0. The molecule has 8 heteroatoms. The molecule has 0 N–H and O–H groups in total. The van der Waals surface area contributed by atoms with E-state index in [1.807, 2.05) is 48.3 Å². The first kappa shape index (κ1) is 20.0. The lowest BCUT2D eigenvalue weighted by atomic mass is 9.92. The van der Waals surface area contributed by atoms with Crippen molar-refractivity contribution in [2.24, 2.45) is 5.10 Å². The first-order valence-electron chi connectivity index (χ1n) is 9.71. The van der Waals surface area contributed by atoms with Gasteiger partial charge in [0.15, 0.2) is 0 Å². The Morgan fingerprint density at radius 1 is 1.16 bits per heavy atom. The molecule has 0 saturated heterocycles. The number of rotatable bonds is 3. The number of non-ortho nitro benzene ring substituents is 1. The summed E-state index contributed by atoms with van der Waals surface area (Å²) in [6.45, 7) is 1.94. The van der Waals surface area contributed by atoms with Crippen molar-refractivity contribution >= 4 is 38.9 Å². The van der Waals surface area contributed by atoms with Gasteiger partial charge in [0, 0.05) is 46.1 Å². The molecule has 0 radical (unpaired) electrons. The molecule has 0 amide bonds. The lowest BCUT2D eigenvalue weighted by Gasteiger charge is -2.46. The highest BCUT2D eigenvalue weighted by Crippen LogP contribution is 2.51. The molecule has 0 saturated carbocycles. The molecule has 3 aromatic rings. The lowest BCUT2D eigenvalue weighted by Crippen LogP contribution is -2.48. The predicted molar refractivity (Wildman–Crippen MR) is 122 cm³/mol. The second kappa shape index (κ2) is 7.35. The van der Waals surface area contributed by atoms with Crippen LogP contribution in [0.2, 0.25) is 5.02 Å². The smallest absolute Gasteiger partial charge is 0.269 e. The van der Waals surface area contributed by atoms with Crippen molar-refractivity contribution < 1.29 is 9.66 Å². The average molecular weight is 499 g/mol. The number of hydrogen-bond acceptors (Lipinski definition) is 5. The quantitative estimate of drug-likeness (QED) is 0.308. The molecule has 31 heavy (non-hydrogen) atoms. The molecule has 2 atom stereocenters. The highest BCUT2D eigenvalue weighted by molar-refractivity contribution is 9.10. The van der Waals surface area contributed by atoms with E-state index in [4.69, 9.17) is 21.4 Å². The van der Waals surface area contributed by atoms with Crippen molar-refractivity contribution in [3.63, 3.8) is 0 Å². The van der Waals surface area contributed by atoms with Crippen LogP contribution in [0.25, 0.3) is 0 Å². The zero-order chi connectivity index (χ0) is 21.8. The molecular formula is C23H17BrClN3O3. The number of benzene rings is 3. The summed E-state index contributed by atoms with van der Waals surface area (Å²) >= 11 is 9.77. The Balaban J connectivity index is 1.63. The first-order valence-corrected chi connectivity index (χ1v) is 10.9. The molecule has 3 aromatic carbocycles. The summed E-state index contributed by atoms with van der Waals surface area (Å²) in [5, 5.41) is 18.6. The predicted octanol–water partition coefficient (Wildman–Crippen LogP) is 6.43. The summed E-state index contributed by atoms with van der Waals surface area (Å²) in [5.41, 5.74) is 2.84. The van der Waals surface area contributed by atoms with Gasteiger partial charge < -0.3 is 4.74 Å². The van der Waals surface area contributed by atoms with Crippen molar-refractivity contribution in [1.82, 2.24) is 5.01 Å². The Labute approximate surface area is 192 Å². The van der Waals surface area contributed by atoms with E-state index in [2.05, 4.69) is 15.9 Å². The molecule has 2 aliphatic rings. The second-order valence-electron chi connectivity index (χ2n) is 7.69. The van der Waals surface area contributed by atoms with E-state index in [1.54, 1.807) is 18.2 Å². The molecule has 5 rings (SSSR count). The highest BCUT2D eigenvalue weighted by Gasteiger charge is 2.49. The molecule has 0 fully saturated rings. The van der Waals surface area contributed by atoms with Gasteiger partial charge in [-0.3, -0.25) is 10.1 Å². The molecule has 2 heterocycles. The Kier molecular flexibility index (Phi) is 4.75. The molecule has 0 spiro atoms. The molecular weight excluding hydrogens is 482 g/mol. The van der Waals surface area contributed by atoms with Crippen molar-refractivity contribution in [3.8, 4) is 5.75 Å². The number of ether oxygens (including phenoxy) is 1. The van der Waals surface area contributed by atoms with Gasteiger partial charge in [-0.05, 0) is 48.0 Å². The average Bonchev–Trinajstić information content (AvgIpc) is 3.22. The maximum absolute atomic E-state index is 11.1. The van der Waals surface area contributed by atoms with Gasteiger partial charge in [0.1, 0.15) is 5.75 Å². The summed E-state index contributed by atoms with van der Waals surface area (Å²) < 4.78 is 7.46. The normalized spacial score (nSPS) is 21.7. The molecule has 0 bridgehead atoms. The fraction of sp³-hybridized carbons (Fsp3) is 0.174. The number of nitro groups is 1. The van der Waals surface area contributed by atoms with Gasteiger partial charge in [0.25, 0.3) is 5.69 Å². The minimum absolute atomic E-state index is 0.0346. The van der Waals surface area contributed by atoms with E-state index in [0.717, 1.165) is 32.6 Å². The largest absolute Gasteiger partial charge is 0.462 e. The van der Waals surface area contributed by atoms with Crippen molar-refractivity contribution in [1.29, 1.82) is 0 Å². The Bertz CT molecular complexity index is 1210.